The maximum atomic E-state index is 12.4. The summed E-state index contributed by atoms with van der Waals surface area (Å²) < 4.78 is 5.16. The van der Waals surface area contributed by atoms with Gasteiger partial charge < -0.3 is 15.8 Å². The first-order valence-electron chi connectivity index (χ1n) is 8.67. The first-order valence-corrected chi connectivity index (χ1v) is 8.67. The van der Waals surface area contributed by atoms with Gasteiger partial charge in [-0.05, 0) is 42.0 Å². The van der Waals surface area contributed by atoms with Gasteiger partial charge in [0, 0.05) is 24.1 Å². The minimum atomic E-state index is -0.570. The van der Waals surface area contributed by atoms with Gasteiger partial charge in [-0.25, -0.2) is 0 Å². The highest BCUT2D eigenvalue weighted by Crippen LogP contribution is 2.18. The second-order valence-corrected chi connectivity index (χ2v) is 6.30. The molecular weight excluding hydrogens is 362 g/mol. The predicted molar refractivity (Wildman–Crippen MR) is 100 cm³/mol. The summed E-state index contributed by atoms with van der Waals surface area (Å²) in [5.41, 5.74) is 6.79. The molecule has 3 N–H and O–H groups in total. The summed E-state index contributed by atoms with van der Waals surface area (Å²) in [5, 5.41) is 2.75. The van der Waals surface area contributed by atoms with Crippen LogP contribution in [0.25, 0.3) is 0 Å². The largest absolute Gasteiger partial charge is 0.484 e. The maximum absolute atomic E-state index is 12.4. The third-order valence-electron chi connectivity index (χ3n) is 4.20. The van der Waals surface area contributed by atoms with Gasteiger partial charge in [0.15, 0.2) is 6.61 Å². The quantitative estimate of drug-likeness (QED) is 0.704. The van der Waals surface area contributed by atoms with Crippen LogP contribution < -0.4 is 15.8 Å². The molecular formula is C20H19N3O5. The molecule has 0 saturated carbocycles. The van der Waals surface area contributed by atoms with E-state index < -0.39 is 5.91 Å². The number of nitrogens with one attached hydrogen (secondary N) is 1. The van der Waals surface area contributed by atoms with Crippen molar-refractivity contribution in [2.75, 3.05) is 11.9 Å². The Morgan fingerprint density at radius 2 is 1.57 bits per heavy atom. The van der Waals surface area contributed by atoms with E-state index in [1.807, 2.05) is 0 Å². The summed E-state index contributed by atoms with van der Waals surface area (Å²) in [6.07, 6.45) is 0.511. The van der Waals surface area contributed by atoms with Crippen molar-refractivity contribution in [1.82, 2.24) is 4.90 Å². The Morgan fingerprint density at radius 1 is 0.964 bits per heavy atom. The van der Waals surface area contributed by atoms with Crippen molar-refractivity contribution in [3.63, 3.8) is 0 Å². The molecule has 0 atom stereocenters. The number of likely N-dealkylation sites (tertiary alicyclic amines) is 1. The Hall–Kier alpha value is -3.68. The molecule has 1 aliphatic rings. The van der Waals surface area contributed by atoms with E-state index in [0.29, 0.717) is 17.0 Å². The topological polar surface area (TPSA) is 119 Å². The van der Waals surface area contributed by atoms with Gasteiger partial charge in [0.1, 0.15) is 5.75 Å². The monoisotopic (exact) mass is 381 g/mol. The van der Waals surface area contributed by atoms with E-state index >= 15 is 0 Å². The van der Waals surface area contributed by atoms with Crippen LogP contribution in [0.4, 0.5) is 5.69 Å². The number of anilines is 1. The minimum absolute atomic E-state index is 0.171. The van der Waals surface area contributed by atoms with Crippen LogP contribution in [-0.4, -0.2) is 35.1 Å². The lowest BCUT2D eigenvalue weighted by atomic mass is 10.1. The summed E-state index contributed by atoms with van der Waals surface area (Å²) in [4.78, 5) is 47.6. The zero-order valence-corrected chi connectivity index (χ0v) is 15.0. The highest BCUT2D eigenvalue weighted by atomic mass is 16.5. The van der Waals surface area contributed by atoms with Crippen molar-refractivity contribution in [2.24, 2.45) is 5.73 Å². The lowest BCUT2D eigenvalue weighted by molar-refractivity contribution is -0.139. The average molecular weight is 381 g/mol. The second-order valence-electron chi connectivity index (χ2n) is 6.30. The molecule has 1 saturated heterocycles. The van der Waals surface area contributed by atoms with E-state index in [9.17, 15) is 19.2 Å². The molecule has 8 heteroatoms. The number of hydrogen-bond donors (Lipinski definition) is 2. The molecule has 1 heterocycles. The zero-order chi connectivity index (χ0) is 20.1. The van der Waals surface area contributed by atoms with E-state index in [2.05, 4.69) is 5.32 Å². The Labute approximate surface area is 161 Å². The SMILES string of the molecule is NC(=O)COc1ccc(NC(=O)c2ccc(CN3C(=O)CCC3=O)cc2)cc1. The number of carbonyl (C=O) groups excluding carboxylic acids is 4. The van der Waals surface area contributed by atoms with Crippen LogP contribution in [0.1, 0.15) is 28.8 Å². The summed E-state index contributed by atoms with van der Waals surface area (Å²) >= 11 is 0. The summed E-state index contributed by atoms with van der Waals surface area (Å²) in [6.45, 7) is -0.000984. The lowest BCUT2D eigenvalue weighted by Crippen LogP contribution is -2.28. The molecule has 0 aromatic heterocycles. The van der Waals surface area contributed by atoms with Crippen LogP contribution in [0.3, 0.4) is 0 Å². The molecule has 1 fully saturated rings. The number of nitrogens with two attached hydrogens (primary N) is 1. The van der Waals surface area contributed by atoms with E-state index in [4.69, 9.17) is 10.5 Å². The molecule has 0 bridgehead atoms. The normalized spacial score (nSPS) is 13.5. The van der Waals surface area contributed by atoms with Gasteiger partial charge in [-0.15, -0.1) is 0 Å². The molecule has 1 aliphatic heterocycles. The fraction of sp³-hybridized carbons (Fsp3) is 0.200. The van der Waals surface area contributed by atoms with Gasteiger partial charge in [-0.1, -0.05) is 12.1 Å². The zero-order valence-electron chi connectivity index (χ0n) is 15.0. The molecule has 144 valence electrons. The fourth-order valence-electron chi connectivity index (χ4n) is 2.74. The molecule has 0 spiro atoms. The number of primary amides is 1. The van der Waals surface area contributed by atoms with Gasteiger partial charge in [0.2, 0.25) is 11.8 Å². The van der Waals surface area contributed by atoms with Gasteiger partial charge >= 0.3 is 0 Å². The maximum Gasteiger partial charge on any atom is 0.255 e. The van der Waals surface area contributed by atoms with Crippen molar-refractivity contribution in [3.05, 3.63) is 59.7 Å². The summed E-state index contributed by atoms with van der Waals surface area (Å²) in [7, 11) is 0. The van der Waals surface area contributed by atoms with Crippen molar-refractivity contribution in [3.8, 4) is 5.75 Å². The summed E-state index contributed by atoms with van der Waals surface area (Å²) in [6, 6.07) is 13.2. The Balaban J connectivity index is 1.58. The predicted octanol–water partition coefficient (Wildman–Crippen LogP) is 1.45. The van der Waals surface area contributed by atoms with E-state index in [1.54, 1.807) is 48.5 Å². The Morgan fingerprint density at radius 3 is 2.14 bits per heavy atom. The van der Waals surface area contributed by atoms with Crippen molar-refractivity contribution >= 4 is 29.3 Å². The van der Waals surface area contributed by atoms with Gasteiger partial charge in [-0.3, -0.25) is 24.1 Å². The fourth-order valence-corrected chi connectivity index (χ4v) is 2.74. The number of carbonyl (C=O) groups is 4. The van der Waals surface area contributed by atoms with Crippen LogP contribution in [0, 0.1) is 0 Å². The van der Waals surface area contributed by atoms with E-state index in [-0.39, 0.29) is 43.7 Å². The molecule has 0 aliphatic carbocycles. The lowest BCUT2D eigenvalue weighted by Gasteiger charge is -2.14. The number of hydrogen-bond acceptors (Lipinski definition) is 5. The minimum Gasteiger partial charge on any atom is -0.484 e. The molecule has 0 radical (unpaired) electrons. The molecule has 8 nitrogen and oxygen atoms in total. The highest BCUT2D eigenvalue weighted by molar-refractivity contribution is 6.04. The number of ether oxygens (including phenoxy) is 1. The van der Waals surface area contributed by atoms with Crippen LogP contribution in [-0.2, 0) is 20.9 Å². The van der Waals surface area contributed by atoms with Crippen LogP contribution >= 0.6 is 0 Å². The highest BCUT2D eigenvalue weighted by Gasteiger charge is 2.28. The second kappa shape index (κ2) is 8.34. The molecule has 0 unspecified atom stereocenters. The smallest absolute Gasteiger partial charge is 0.255 e. The number of amides is 4. The van der Waals surface area contributed by atoms with Crippen LogP contribution in [0.2, 0.25) is 0 Å². The first kappa shape index (κ1) is 19.1. The molecule has 4 amide bonds. The van der Waals surface area contributed by atoms with Crippen molar-refractivity contribution in [2.45, 2.75) is 19.4 Å². The number of nitrogens with zero attached hydrogens (tertiary/aromatic N) is 1. The van der Waals surface area contributed by atoms with Gasteiger partial charge in [-0.2, -0.15) is 0 Å². The van der Waals surface area contributed by atoms with E-state index in [0.717, 1.165) is 5.56 Å². The molecule has 3 rings (SSSR count). The Bertz CT molecular complexity index is 890. The number of rotatable bonds is 7. The third kappa shape index (κ3) is 4.73. The number of benzene rings is 2. The van der Waals surface area contributed by atoms with Crippen molar-refractivity contribution in [1.29, 1.82) is 0 Å². The Kier molecular flexibility index (Phi) is 5.69. The molecule has 2 aromatic rings. The van der Waals surface area contributed by atoms with Crippen LogP contribution in [0.5, 0.6) is 5.75 Å². The third-order valence-corrected chi connectivity index (χ3v) is 4.20. The standard InChI is InChI=1S/C20H19N3O5/c21-17(24)12-28-16-7-5-15(6-8-16)22-20(27)14-3-1-13(2-4-14)11-23-18(25)9-10-19(23)26/h1-8H,9-12H2,(H2,21,24)(H,22,27). The first-order chi connectivity index (χ1) is 13.4. The summed E-state index contributed by atoms with van der Waals surface area (Å²) in [5.74, 6) is -0.748. The number of imide groups is 1. The average Bonchev–Trinajstić information content (AvgIpc) is 3.00. The molecule has 28 heavy (non-hydrogen) atoms. The van der Waals surface area contributed by atoms with Gasteiger partial charge in [0.05, 0.1) is 6.54 Å². The van der Waals surface area contributed by atoms with Crippen LogP contribution in [0.15, 0.2) is 48.5 Å². The van der Waals surface area contributed by atoms with Crippen molar-refractivity contribution < 1.29 is 23.9 Å². The van der Waals surface area contributed by atoms with E-state index in [1.165, 1.54) is 4.90 Å². The molecule has 2 aromatic carbocycles. The van der Waals surface area contributed by atoms with Gasteiger partial charge in [0.25, 0.3) is 11.8 Å².